The predicted octanol–water partition coefficient (Wildman–Crippen LogP) is 0.261. The Bertz CT molecular complexity index is 499. The number of nitrogens with zero attached hydrogens (tertiary/aromatic N) is 4. The Kier molecular flexibility index (Phi) is 3.77. The van der Waals surface area contributed by atoms with Crippen molar-refractivity contribution in [1.29, 1.82) is 0 Å². The molecule has 0 aliphatic heterocycles. The van der Waals surface area contributed by atoms with Gasteiger partial charge in [0.1, 0.15) is 6.61 Å². The van der Waals surface area contributed by atoms with Crippen LogP contribution in [0.15, 0.2) is 4.52 Å². The summed E-state index contributed by atoms with van der Waals surface area (Å²) in [6.07, 6.45) is -2.22. The molecule has 0 bridgehead atoms. The van der Waals surface area contributed by atoms with Gasteiger partial charge in [-0.2, -0.15) is 9.97 Å². The zero-order valence-corrected chi connectivity index (χ0v) is 9.14. The second-order valence-electron chi connectivity index (χ2n) is 3.27. The van der Waals surface area contributed by atoms with E-state index < -0.39 is 13.0 Å². The lowest BCUT2D eigenvalue weighted by Gasteiger charge is -1.99. The van der Waals surface area contributed by atoms with Gasteiger partial charge in [0.05, 0.1) is 6.61 Å². The number of aromatic nitrogens is 5. The molecule has 3 N–H and O–H groups in total. The molecule has 0 fully saturated rings. The summed E-state index contributed by atoms with van der Waals surface area (Å²) in [6, 6.07) is 0. The molecule has 0 atom stereocenters. The van der Waals surface area contributed by atoms with Crippen molar-refractivity contribution >= 4 is 5.95 Å². The molecule has 2 aromatic heterocycles. The van der Waals surface area contributed by atoms with Crippen molar-refractivity contribution in [2.45, 2.75) is 12.8 Å². The molecule has 2 heterocycles. The van der Waals surface area contributed by atoms with Crippen LogP contribution in [0.5, 0.6) is 0 Å². The van der Waals surface area contributed by atoms with Crippen LogP contribution in [0.25, 0.3) is 11.7 Å². The first-order valence-corrected chi connectivity index (χ1v) is 5.02. The fourth-order valence-corrected chi connectivity index (χ4v) is 1.16. The van der Waals surface area contributed by atoms with Gasteiger partial charge in [-0.1, -0.05) is 5.16 Å². The molecule has 18 heavy (non-hydrogen) atoms. The summed E-state index contributed by atoms with van der Waals surface area (Å²) in [4.78, 5) is 7.77. The molecule has 0 amide bonds. The third-order valence-electron chi connectivity index (χ3n) is 1.89. The minimum atomic E-state index is -2.48. The number of ether oxygens (including phenoxy) is 1. The Labute approximate surface area is 99.5 Å². The first kappa shape index (κ1) is 12.4. The van der Waals surface area contributed by atoms with Crippen LogP contribution in [-0.4, -0.2) is 45.0 Å². The molecule has 2 rings (SSSR count). The SMILES string of the molecule is Nc1n[nH]c(-c2nc(CCOCC(F)F)no2)n1. The number of hydrogen-bond acceptors (Lipinski definition) is 7. The molecule has 0 spiro atoms. The van der Waals surface area contributed by atoms with E-state index in [9.17, 15) is 8.78 Å². The van der Waals surface area contributed by atoms with Crippen molar-refractivity contribution in [2.75, 3.05) is 18.9 Å². The van der Waals surface area contributed by atoms with Crippen LogP contribution in [0.2, 0.25) is 0 Å². The van der Waals surface area contributed by atoms with E-state index in [0.29, 0.717) is 5.82 Å². The van der Waals surface area contributed by atoms with Crippen LogP contribution in [0.4, 0.5) is 14.7 Å². The van der Waals surface area contributed by atoms with Crippen molar-refractivity contribution in [2.24, 2.45) is 0 Å². The van der Waals surface area contributed by atoms with Gasteiger partial charge in [-0.15, -0.1) is 5.10 Å². The van der Waals surface area contributed by atoms with E-state index in [1.165, 1.54) is 0 Å². The summed E-state index contributed by atoms with van der Waals surface area (Å²) in [5.74, 6) is 0.766. The molecular formula is C8H10F2N6O2. The Morgan fingerprint density at radius 1 is 1.39 bits per heavy atom. The van der Waals surface area contributed by atoms with Crippen molar-refractivity contribution in [3.05, 3.63) is 5.82 Å². The summed E-state index contributed by atoms with van der Waals surface area (Å²) in [7, 11) is 0. The third-order valence-corrected chi connectivity index (χ3v) is 1.89. The molecule has 0 aliphatic carbocycles. The molecular weight excluding hydrogens is 250 g/mol. The van der Waals surface area contributed by atoms with E-state index in [1.54, 1.807) is 0 Å². The number of anilines is 1. The Balaban J connectivity index is 1.86. The van der Waals surface area contributed by atoms with E-state index in [-0.39, 0.29) is 30.7 Å². The second-order valence-corrected chi connectivity index (χ2v) is 3.27. The van der Waals surface area contributed by atoms with Gasteiger partial charge in [-0.25, -0.2) is 8.78 Å². The van der Waals surface area contributed by atoms with Crippen LogP contribution < -0.4 is 5.73 Å². The molecule has 0 aliphatic rings. The van der Waals surface area contributed by atoms with Crippen LogP contribution in [0, 0.1) is 0 Å². The number of alkyl halides is 2. The van der Waals surface area contributed by atoms with E-state index in [1.807, 2.05) is 0 Å². The van der Waals surface area contributed by atoms with Gasteiger partial charge < -0.3 is 15.0 Å². The molecule has 10 heteroatoms. The molecule has 0 saturated carbocycles. The normalized spacial score (nSPS) is 11.3. The number of nitrogens with two attached hydrogens (primary N) is 1. The first-order valence-electron chi connectivity index (χ1n) is 5.02. The number of nitrogens with one attached hydrogen (secondary N) is 1. The molecule has 0 unspecified atom stereocenters. The standard InChI is InChI=1S/C8H10F2N6O2/c9-4(10)3-17-2-1-5-12-7(18-16-5)6-13-8(11)15-14-6/h4H,1-3H2,(H3,11,13,14,15). The van der Waals surface area contributed by atoms with E-state index in [2.05, 4.69) is 25.3 Å². The average molecular weight is 260 g/mol. The monoisotopic (exact) mass is 260 g/mol. The maximum Gasteiger partial charge on any atom is 0.295 e. The smallest absolute Gasteiger partial charge is 0.295 e. The van der Waals surface area contributed by atoms with Gasteiger partial charge in [0.2, 0.25) is 11.8 Å². The highest BCUT2D eigenvalue weighted by atomic mass is 19.3. The zero-order valence-electron chi connectivity index (χ0n) is 9.14. The van der Waals surface area contributed by atoms with E-state index in [0.717, 1.165) is 0 Å². The van der Waals surface area contributed by atoms with Crippen LogP contribution in [0.1, 0.15) is 5.82 Å². The number of nitrogen functional groups attached to an aromatic ring is 1. The highest BCUT2D eigenvalue weighted by molar-refractivity contribution is 5.41. The van der Waals surface area contributed by atoms with Crippen LogP contribution >= 0.6 is 0 Å². The third kappa shape index (κ3) is 3.20. The molecule has 0 radical (unpaired) electrons. The average Bonchev–Trinajstić information content (AvgIpc) is 2.93. The number of aromatic amines is 1. The summed E-state index contributed by atoms with van der Waals surface area (Å²) >= 11 is 0. The number of H-pyrrole nitrogens is 1. The molecule has 0 aromatic carbocycles. The Hall–Kier alpha value is -2.10. The highest BCUT2D eigenvalue weighted by Gasteiger charge is 2.12. The van der Waals surface area contributed by atoms with Crippen molar-refractivity contribution in [1.82, 2.24) is 25.3 Å². The van der Waals surface area contributed by atoms with Gasteiger partial charge in [0.25, 0.3) is 12.3 Å². The topological polar surface area (TPSA) is 116 Å². The molecule has 2 aromatic rings. The molecule has 8 nitrogen and oxygen atoms in total. The number of rotatable bonds is 6. The van der Waals surface area contributed by atoms with Crippen molar-refractivity contribution in [3.63, 3.8) is 0 Å². The van der Waals surface area contributed by atoms with Gasteiger partial charge in [-0.3, -0.25) is 5.10 Å². The summed E-state index contributed by atoms with van der Waals surface area (Å²) in [5, 5.41) is 9.74. The number of halogens is 2. The number of hydrogen-bond donors (Lipinski definition) is 2. The maximum atomic E-state index is 11.8. The van der Waals surface area contributed by atoms with E-state index in [4.69, 9.17) is 15.0 Å². The van der Waals surface area contributed by atoms with Crippen LogP contribution in [0.3, 0.4) is 0 Å². The quantitative estimate of drug-likeness (QED) is 0.715. The van der Waals surface area contributed by atoms with Crippen molar-refractivity contribution in [3.8, 4) is 11.7 Å². The molecule has 98 valence electrons. The second kappa shape index (κ2) is 5.49. The lowest BCUT2D eigenvalue weighted by atomic mass is 10.4. The lowest BCUT2D eigenvalue weighted by molar-refractivity contribution is 0.0182. The zero-order chi connectivity index (χ0) is 13.0. The summed E-state index contributed by atoms with van der Waals surface area (Å²) < 4.78 is 33.1. The van der Waals surface area contributed by atoms with Gasteiger partial charge in [0, 0.05) is 6.42 Å². The summed E-state index contributed by atoms with van der Waals surface area (Å²) in [5.41, 5.74) is 5.31. The van der Waals surface area contributed by atoms with Crippen molar-refractivity contribution < 1.29 is 18.0 Å². The van der Waals surface area contributed by atoms with Gasteiger partial charge >= 0.3 is 0 Å². The fourth-order valence-electron chi connectivity index (χ4n) is 1.16. The highest BCUT2D eigenvalue weighted by Crippen LogP contribution is 2.12. The summed E-state index contributed by atoms with van der Waals surface area (Å²) in [6.45, 7) is -0.523. The van der Waals surface area contributed by atoms with Gasteiger partial charge in [-0.05, 0) is 0 Å². The minimum absolute atomic E-state index is 0.0602. The minimum Gasteiger partial charge on any atom is -0.375 e. The largest absolute Gasteiger partial charge is 0.375 e. The Morgan fingerprint density at radius 2 is 2.22 bits per heavy atom. The van der Waals surface area contributed by atoms with Crippen LogP contribution in [-0.2, 0) is 11.2 Å². The maximum absolute atomic E-state index is 11.8. The van der Waals surface area contributed by atoms with E-state index >= 15 is 0 Å². The Morgan fingerprint density at radius 3 is 2.89 bits per heavy atom. The van der Waals surface area contributed by atoms with Gasteiger partial charge in [0.15, 0.2) is 5.82 Å². The molecule has 0 saturated heterocycles. The lowest BCUT2D eigenvalue weighted by Crippen LogP contribution is -2.07. The fraction of sp³-hybridized carbons (Fsp3) is 0.500. The predicted molar refractivity (Wildman–Crippen MR) is 54.6 cm³/mol. The first-order chi connectivity index (χ1) is 8.65.